The Labute approximate surface area is 196 Å². The highest BCUT2D eigenvalue weighted by atomic mass is 19.4. The average molecular weight is 497 g/mol. The molecule has 4 nitrogen and oxygen atoms in total. The number of allylic oxidation sites excluding steroid dienone is 3. The molecule has 0 radical (unpaired) electrons. The van der Waals surface area contributed by atoms with Crippen LogP contribution in [0, 0.1) is 5.41 Å². The maximum atomic E-state index is 13.5. The fraction of sp³-hybridized carbons (Fsp3) is 0.360. The van der Waals surface area contributed by atoms with Crippen molar-refractivity contribution in [3.05, 3.63) is 69.6 Å². The molecule has 2 bridgehead atoms. The van der Waals surface area contributed by atoms with E-state index in [9.17, 15) is 36.2 Å². The molecule has 1 heterocycles. The van der Waals surface area contributed by atoms with Gasteiger partial charge in [0, 0.05) is 6.20 Å². The molecule has 1 aromatic heterocycles. The number of pyridine rings is 1. The Kier molecular flexibility index (Phi) is 5.77. The number of aliphatic hydroxyl groups is 1. The van der Waals surface area contributed by atoms with Gasteiger partial charge in [-0.3, -0.25) is 4.79 Å². The SMILES string of the molecule is CCc1ccc(Oc2ncc(C(F)(F)F)cc2C(F)(F)F)cc1C1=C(O)C2=C(C)[C@](C)(CC2)C1=O. The zero-order valence-corrected chi connectivity index (χ0v) is 19.0. The number of aryl methyl sites for hydroxylation is 1. The van der Waals surface area contributed by atoms with Crippen molar-refractivity contribution < 1.29 is 41.0 Å². The van der Waals surface area contributed by atoms with E-state index in [2.05, 4.69) is 4.98 Å². The number of carbonyl (C=O) groups is 1. The zero-order valence-electron chi connectivity index (χ0n) is 19.0. The molecule has 0 spiro atoms. The number of aliphatic hydroxyl groups excluding tert-OH is 1. The molecular weight excluding hydrogens is 476 g/mol. The van der Waals surface area contributed by atoms with E-state index >= 15 is 0 Å². The number of rotatable bonds is 4. The van der Waals surface area contributed by atoms with Crippen molar-refractivity contribution >= 4 is 11.4 Å². The predicted molar refractivity (Wildman–Crippen MR) is 115 cm³/mol. The second kappa shape index (κ2) is 8.13. The number of hydrogen-bond acceptors (Lipinski definition) is 4. The standard InChI is InChI=1S/C25H21F6NO3/c1-4-13-5-6-15(35-22-18(25(29,30)31)9-14(11-32-22)24(26,27)28)10-17(13)19-20(33)16-7-8-23(3,12(16)2)21(19)34/h5-6,9-11,33H,4,7-8H2,1-3H3/t23-/m0/s1. The first kappa shape index (κ1) is 24.8. The molecule has 0 amide bonds. The number of hydrogen-bond donors (Lipinski definition) is 1. The Morgan fingerprint density at radius 3 is 2.40 bits per heavy atom. The Balaban J connectivity index is 1.82. The molecule has 2 aromatic rings. The van der Waals surface area contributed by atoms with Crippen molar-refractivity contribution in [3.63, 3.8) is 0 Å². The maximum absolute atomic E-state index is 13.5. The number of fused-ring (bicyclic) bond motifs is 1. The van der Waals surface area contributed by atoms with Crippen LogP contribution in [0.5, 0.6) is 11.6 Å². The van der Waals surface area contributed by atoms with Gasteiger partial charge in [0.1, 0.15) is 17.1 Å². The van der Waals surface area contributed by atoms with Crippen LogP contribution in [0.25, 0.3) is 5.57 Å². The van der Waals surface area contributed by atoms with E-state index in [-0.39, 0.29) is 35.1 Å². The summed E-state index contributed by atoms with van der Waals surface area (Å²) in [6, 6.07) is 4.13. The second-order valence-electron chi connectivity index (χ2n) is 8.84. The van der Waals surface area contributed by atoms with Gasteiger partial charge in [-0.1, -0.05) is 18.6 Å². The number of benzene rings is 1. The third-order valence-electron chi connectivity index (χ3n) is 6.84. The zero-order chi connectivity index (χ0) is 25.9. The molecule has 2 aliphatic rings. The molecule has 35 heavy (non-hydrogen) atoms. The van der Waals surface area contributed by atoms with Gasteiger partial charge in [0.05, 0.1) is 16.6 Å². The summed E-state index contributed by atoms with van der Waals surface area (Å²) in [5.74, 6) is -1.70. The monoisotopic (exact) mass is 497 g/mol. The first-order chi connectivity index (χ1) is 16.2. The van der Waals surface area contributed by atoms with E-state index in [1.807, 2.05) is 6.92 Å². The van der Waals surface area contributed by atoms with E-state index in [1.54, 1.807) is 13.8 Å². The van der Waals surface area contributed by atoms with E-state index in [4.69, 9.17) is 4.74 Å². The quantitative estimate of drug-likeness (QED) is 0.446. The van der Waals surface area contributed by atoms with Crippen LogP contribution in [-0.4, -0.2) is 15.9 Å². The Morgan fingerprint density at radius 1 is 1.11 bits per heavy atom. The van der Waals surface area contributed by atoms with Crippen LogP contribution in [0.1, 0.15) is 55.9 Å². The summed E-state index contributed by atoms with van der Waals surface area (Å²) < 4.78 is 84.6. The molecule has 0 unspecified atom stereocenters. The Bertz CT molecular complexity index is 1290. The van der Waals surface area contributed by atoms with Gasteiger partial charge >= 0.3 is 12.4 Å². The van der Waals surface area contributed by atoms with Crippen molar-refractivity contribution in [1.82, 2.24) is 4.98 Å². The summed E-state index contributed by atoms with van der Waals surface area (Å²) in [5, 5.41) is 10.9. The largest absolute Gasteiger partial charge is 0.507 e. The summed E-state index contributed by atoms with van der Waals surface area (Å²) in [6.45, 7) is 5.39. The molecule has 4 rings (SSSR count). The van der Waals surface area contributed by atoms with Crippen LogP contribution < -0.4 is 4.74 Å². The number of halogens is 6. The lowest BCUT2D eigenvalue weighted by atomic mass is 9.72. The third kappa shape index (κ3) is 4.08. The van der Waals surface area contributed by atoms with Crippen LogP contribution in [0.4, 0.5) is 26.3 Å². The van der Waals surface area contributed by atoms with Crippen LogP contribution >= 0.6 is 0 Å². The van der Waals surface area contributed by atoms with Crippen LogP contribution in [-0.2, 0) is 23.6 Å². The average Bonchev–Trinajstić information content (AvgIpc) is 3.03. The van der Waals surface area contributed by atoms with E-state index in [0.717, 1.165) is 5.57 Å². The van der Waals surface area contributed by atoms with Crippen molar-refractivity contribution in [2.45, 2.75) is 52.4 Å². The fourth-order valence-electron chi connectivity index (χ4n) is 4.61. The number of ether oxygens (including phenoxy) is 1. The van der Waals surface area contributed by atoms with E-state index < -0.39 is 34.8 Å². The van der Waals surface area contributed by atoms with Crippen LogP contribution in [0.15, 0.2) is 47.4 Å². The van der Waals surface area contributed by atoms with Gasteiger partial charge in [-0.05, 0) is 68.0 Å². The summed E-state index contributed by atoms with van der Waals surface area (Å²) in [5.41, 5.74) is -1.58. The number of Topliss-reactive ketones (excluding diaryl/α,β-unsaturated/α-hetero) is 1. The van der Waals surface area contributed by atoms with Crippen molar-refractivity contribution in [2.24, 2.45) is 5.41 Å². The minimum Gasteiger partial charge on any atom is -0.507 e. The molecule has 186 valence electrons. The molecule has 0 saturated heterocycles. The number of nitrogens with zero attached hydrogens (tertiary/aromatic N) is 1. The summed E-state index contributed by atoms with van der Waals surface area (Å²) >= 11 is 0. The van der Waals surface area contributed by atoms with E-state index in [0.29, 0.717) is 36.0 Å². The molecular formula is C25H21F6NO3. The molecule has 1 aromatic carbocycles. The highest BCUT2D eigenvalue weighted by Crippen LogP contribution is 2.53. The Hall–Kier alpha value is -3.30. The van der Waals surface area contributed by atoms with Gasteiger partial charge in [-0.2, -0.15) is 26.3 Å². The smallest absolute Gasteiger partial charge is 0.421 e. The molecule has 0 saturated carbocycles. The van der Waals surface area contributed by atoms with Crippen molar-refractivity contribution in [3.8, 4) is 11.6 Å². The van der Waals surface area contributed by atoms with Gasteiger partial charge < -0.3 is 9.84 Å². The molecule has 0 fully saturated rings. The van der Waals surface area contributed by atoms with Gasteiger partial charge in [-0.25, -0.2) is 4.98 Å². The summed E-state index contributed by atoms with van der Waals surface area (Å²) in [4.78, 5) is 16.7. The first-order valence-corrected chi connectivity index (χ1v) is 10.8. The minimum atomic E-state index is -5.16. The first-order valence-electron chi connectivity index (χ1n) is 10.8. The summed E-state index contributed by atoms with van der Waals surface area (Å²) in [6.07, 6.45) is -8.42. The van der Waals surface area contributed by atoms with Crippen molar-refractivity contribution in [2.75, 3.05) is 0 Å². The number of alkyl halides is 6. The van der Waals surface area contributed by atoms with Gasteiger partial charge in [0.2, 0.25) is 5.88 Å². The number of ketones is 1. The number of aromatic nitrogens is 1. The lowest BCUT2D eigenvalue weighted by molar-refractivity contribution is -0.144. The van der Waals surface area contributed by atoms with E-state index in [1.165, 1.54) is 18.2 Å². The highest BCUT2D eigenvalue weighted by Gasteiger charge is 2.48. The minimum absolute atomic E-state index is 0.0591. The van der Waals surface area contributed by atoms with Crippen LogP contribution in [0.3, 0.4) is 0 Å². The number of carbonyl (C=O) groups excluding carboxylic acids is 1. The molecule has 1 atom stereocenters. The maximum Gasteiger partial charge on any atom is 0.421 e. The second-order valence-corrected chi connectivity index (χ2v) is 8.84. The highest BCUT2D eigenvalue weighted by molar-refractivity contribution is 6.27. The molecule has 10 heteroatoms. The van der Waals surface area contributed by atoms with Gasteiger partial charge in [0.15, 0.2) is 5.78 Å². The third-order valence-corrected chi connectivity index (χ3v) is 6.84. The lowest BCUT2D eigenvalue weighted by Gasteiger charge is -2.30. The predicted octanol–water partition coefficient (Wildman–Crippen LogP) is 7.44. The topological polar surface area (TPSA) is 59.4 Å². The fourth-order valence-corrected chi connectivity index (χ4v) is 4.61. The molecule has 1 N–H and O–H groups in total. The molecule has 0 aliphatic heterocycles. The normalized spacial score (nSPS) is 20.7. The van der Waals surface area contributed by atoms with Gasteiger partial charge in [0.25, 0.3) is 0 Å². The summed E-state index contributed by atoms with van der Waals surface area (Å²) in [7, 11) is 0. The molecule has 2 aliphatic carbocycles. The van der Waals surface area contributed by atoms with Crippen LogP contribution in [0.2, 0.25) is 0 Å². The van der Waals surface area contributed by atoms with Crippen molar-refractivity contribution in [1.29, 1.82) is 0 Å². The van der Waals surface area contributed by atoms with Gasteiger partial charge in [-0.15, -0.1) is 0 Å². The Morgan fingerprint density at radius 2 is 1.80 bits per heavy atom. The lowest BCUT2D eigenvalue weighted by Crippen LogP contribution is -2.30.